The molecule has 0 radical (unpaired) electrons. The van der Waals surface area contributed by atoms with Gasteiger partial charge in [-0.15, -0.1) is 0 Å². The van der Waals surface area contributed by atoms with E-state index in [1.807, 2.05) is 18.5 Å². The van der Waals surface area contributed by atoms with Gasteiger partial charge >= 0.3 is 0 Å². The standard InChI is InChI=1S/C30H20N4/c1-34-29-26(18-32-25-15-14-21-7-4-16-31-28(21)27(25)29)33-30(34)22-11-8-20(9-12-22)24-13-10-19-5-2-3-6-23(19)17-24/h2-18H,1H3. The Morgan fingerprint density at radius 2 is 1.35 bits per heavy atom. The van der Waals surface area contributed by atoms with Gasteiger partial charge in [0.1, 0.15) is 11.3 Å². The van der Waals surface area contributed by atoms with Crippen LogP contribution < -0.4 is 0 Å². The normalized spacial score (nSPS) is 11.7. The van der Waals surface area contributed by atoms with Crippen LogP contribution in [0.4, 0.5) is 0 Å². The number of benzene rings is 4. The third-order valence-electron chi connectivity index (χ3n) is 6.66. The molecule has 160 valence electrons. The van der Waals surface area contributed by atoms with Crippen molar-refractivity contribution < 1.29 is 0 Å². The number of rotatable bonds is 2. The fourth-order valence-corrected chi connectivity index (χ4v) is 4.95. The quantitative estimate of drug-likeness (QED) is 0.270. The van der Waals surface area contributed by atoms with Crippen molar-refractivity contribution in [2.45, 2.75) is 0 Å². The van der Waals surface area contributed by atoms with Crippen LogP contribution in [0.2, 0.25) is 0 Å². The number of nitrogens with zero attached hydrogens (tertiary/aromatic N) is 4. The van der Waals surface area contributed by atoms with Crippen molar-refractivity contribution in [3.63, 3.8) is 0 Å². The Bertz CT molecular complexity index is 1860. The third kappa shape index (κ3) is 2.82. The van der Waals surface area contributed by atoms with E-state index in [2.05, 4.69) is 107 Å². The maximum Gasteiger partial charge on any atom is 0.140 e. The molecule has 4 aromatic carbocycles. The molecular formula is C30H20N4. The molecule has 0 aliphatic rings. The van der Waals surface area contributed by atoms with Crippen molar-refractivity contribution in [3.8, 4) is 22.5 Å². The molecule has 3 heterocycles. The number of hydrogen-bond acceptors (Lipinski definition) is 3. The van der Waals surface area contributed by atoms with E-state index in [0.717, 1.165) is 44.2 Å². The number of pyridine rings is 2. The summed E-state index contributed by atoms with van der Waals surface area (Å²) >= 11 is 0. The zero-order valence-corrected chi connectivity index (χ0v) is 18.6. The highest BCUT2D eigenvalue weighted by molar-refractivity contribution is 6.16. The molecule has 0 spiro atoms. The summed E-state index contributed by atoms with van der Waals surface area (Å²) in [7, 11) is 2.07. The molecule has 0 aliphatic carbocycles. The second kappa shape index (κ2) is 7.22. The molecule has 7 aromatic rings. The minimum absolute atomic E-state index is 0.877. The molecule has 0 fully saturated rings. The Hall–Kier alpha value is -4.57. The fraction of sp³-hybridized carbons (Fsp3) is 0.0333. The zero-order chi connectivity index (χ0) is 22.6. The van der Waals surface area contributed by atoms with Gasteiger partial charge in [0.25, 0.3) is 0 Å². The van der Waals surface area contributed by atoms with Gasteiger partial charge in [-0.1, -0.05) is 72.8 Å². The smallest absolute Gasteiger partial charge is 0.140 e. The van der Waals surface area contributed by atoms with Gasteiger partial charge in [-0.3, -0.25) is 9.97 Å². The van der Waals surface area contributed by atoms with E-state index < -0.39 is 0 Å². The molecule has 0 bridgehead atoms. The summed E-state index contributed by atoms with van der Waals surface area (Å²) in [4.78, 5) is 14.3. The summed E-state index contributed by atoms with van der Waals surface area (Å²) in [5, 5.41) is 4.65. The molecule has 3 aromatic heterocycles. The van der Waals surface area contributed by atoms with Crippen molar-refractivity contribution in [2.24, 2.45) is 7.05 Å². The van der Waals surface area contributed by atoms with E-state index in [-0.39, 0.29) is 0 Å². The van der Waals surface area contributed by atoms with Crippen molar-refractivity contribution in [3.05, 3.63) is 103 Å². The Morgan fingerprint density at radius 1 is 0.618 bits per heavy atom. The molecular weight excluding hydrogens is 416 g/mol. The van der Waals surface area contributed by atoms with Gasteiger partial charge in [-0.25, -0.2) is 4.98 Å². The Morgan fingerprint density at radius 3 is 2.24 bits per heavy atom. The van der Waals surface area contributed by atoms with Gasteiger partial charge in [0.15, 0.2) is 0 Å². The van der Waals surface area contributed by atoms with Crippen LogP contribution in [0.25, 0.3) is 66.1 Å². The first-order chi connectivity index (χ1) is 16.8. The number of aromatic nitrogens is 4. The predicted octanol–water partition coefficient (Wildman–Crippen LogP) is 7.16. The van der Waals surface area contributed by atoms with E-state index in [1.54, 1.807) is 0 Å². The average Bonchev–Trinajstić information content (AvgIpc) is 3.24. The van der Waals surface area contributed by atoms with E-state index >= 15 is 0 Å². The highest BCUT2D eigenvalue weighted by Gasteiger charge is 2.16. The minimum atomic E-state index is 0.877. The highest BCUT2D eigenvalue weighted by atomic mass is 15.1. The Labute approximate surface area is 196 Å². The van der Waals surface area contributed by atoms with Gasteiger partial charge in [-0.05, 0) is 40.1 Å². The first kappa shape index (κ1) is 18.9. The largest absolute Gasteiger partial charge is 0.326 e. The van der Waals surface area contributed by atoms with Crippen LogP contribution in [-0.4, -0.2) is 19.5 Å². The summed E-state index contributed by atoms with van der Waals surface area (Å²) < 4.78 is 2.17. The van der Waals surface area contributed by atoms with Gasteiger partial charge in [-0.2, -0.15) is 0 Å². The minimum Gasteiger partial charge on any atom is -0.326 e. The van der Waals surface area contributed by atoms with Crippen LogP contribution in [0.3, 0.4) is 0 Å². The molecule has 0 N–H and O–H groups in total. The van der Waals surface area contributed by atoms with Crippen molar-refractivity contribution in [1.29, 1.82) is 0 Å². The second-order valence-corrected chi connectivity index (χ2v) is 8.66. The summed E-state index contributed by atoms with van der Waals surface area (Å²) in [6, 6.07) is 31.9. The van der Waals surface area contributed by atoms with Crippen molar-refractivity contribution >= 4 is 43.6 Å². The molecule has 4 nitrogen and oxygen atoms in total. The number of hydrogen-bond donors (Lipinski definition) is 0. The van der Waals surface area contributed by atoms with E-state index in [1.165, 1.54) is 21.9 Å². The topological polar surface area (TPSA) is 43.6 Å². The SMILES string of the molecule is Cn1c(-c2ccc(-c3ccc4ccccc4c3)cc2)nc2cnc3ccc4cccnc4c3c21. The predicted molar refractivity (Wildman–Crippen MR) is 140 cm³/mol. The lowest BCUT2D eigenvalue weighted by Crippen LogP contribution is -1.94. The van der Waals surface area contributed by atoms with Crippen LogP contribution in [0.15, 0.2) is 103 Å². The Balaban J connectivity index is 1.37. The van der Waals surface area contributed by atoms with Crippen molar-refractivity contribution in [1.82, 2.24) is 19.5 Å². The van der Waals surface area contributed by atoms with Gasteiger partial charge in [0.05, 0.1) is 28.1 Å². The van der Waals surface area contributed by atoms with E-state index in [9.17, 15) is 0 Å². The first-order valence-corrected chi connectivity index (χ1v) is 11.3. The van der Waals surface area contributed by atoms with Gasteiger partial charge < -0.3 is 4.57 Å². The molecule has 0 amide bonds. The van der Waals surface area contributed by atoms with Crippen molar-refractivity contribution in [2.75, 3.05) is 0 Å². The average molecular weight is 437 g/mol. The van der Waals surface area contributed by atoms with Crippen LogP contribution >= 0.6 is 0 Å². The molecule has 0 saturated carbocycles. The fourth-order valence-electron chi connectivity index (χ4n) is 4.95. The lowest BCUT2D eigenvalue weighted by Gasteiger charge is -2.08. The monoisotopic (exact) mass is 436 g/mol. The zero-order valence-electron chi connectivity index (χ0n) is 18.6. The molecule has 0 saturated heterocycles. The summed E-state index contributed by atoms with van der Waals surface area (Å²) in [6.07, 6.45) is 3.70. The molecule has 4 heteroatoms. The highest BCUT2D eigenvalue weighted by Crippen LogP contribution is 2.33. The van der Waals surface area contributed by atoms with E-state index in [4.69, 9.17) is 4.98 Å². The van der Waals surface area contributed by atoms with E-state index in [0.29, 0.717) is 0 Å². The molecule has 0 unspecified atom stereocenters. The number of fused-ring (bicyclic) bond motifs is 6. The molecule has 0 aliphatic heterocycles. The first-order valence-electron chi connectivity index (χ1n) is 11.3. The van der Waals surface area contributed by atoms with Gasteiger partial charge in [0.2, 0.25) is 0 Å². The number of aryl methyl sites for hydroxylation is 1. The summed E-state index contributed by atoms with van der Waals surface area (Å²) in [6.45, 7) is 0. The number of imidazole rings is 1. The van der Waals surface area contributed by atoms with Crippen LogP contribution in [-0.2, 0) is 7.05 Å². The summed E-state index contributed by atoms with van der Waals surface area (Å²) in [5.41, 5.74) is 7.30. The van der Waals surface area contributed by atoms with Crippen LogP contribution in [0.5, 0.6) is 0 Å². The maximum atomic E-state index is 4.96. The second-order valence-electron chi connectivity index (χ2n) is 8.66. The summed E-state index contributed by atoms with van der Waals surface area (Å²) in [5.74, 6) is 0.919. The third-order valence-corrected chi connectivity index (χ3v) is 6.66. The lowest BCUT2D eigenvalue weighted by molar-refractivity contribution is 0.962. The lowest BCUT2D eigenvalue weighted by atomic mass is 10.0. The molecule has 0 atom stereocenters. The van der Waals surface area contributed by atoms with Crippen LogP contribution in [0.1, 0.15) is 0 Å². The molecule has 34 heavy (non-hydrogen) atoms. The molecule has 7 rings (SSSR count). The maximum absolute atomic E-state index is 4.96. The Kier molecular flexibility index (Phi) is 4.02. The van der Waals surface area contributed by atoms with Gasteiger partial charge in [0, 0.05) is 24.2 Å². The van der Waals surface area contributed by atoms with Crippen LogP contribution in [0, 0.1) is 0 Å².